The minimum absolute atomic E-state index is 0.0774. The van der Waals surface area contributed by atoms with Crippen LogP contribution in [0.1, 0.15) is 37.1 Å². The molecule has 1 fully saturated rings. The standard InChI is InChI=1S/C21H25N5OS/c1-13-22-12-19(28-13)17-9-18(26(2)3)15-11-23-20(10-16(15)24-17)25-21(27)14-7-5-4-6-8-14/h9-12,14H,4-8H2,1-3H3,(H,23,25,27). The molecule has 1 saturated carbocycles. The third-order valence-corrected chi connectivity index (χ3v) is 6.19. The number of anilines is 2. The number of fused-ring (bicyclic) bond motifs is 1. The third-order valence-electron chi connectivity index (χ3n) is 5.26. The van der Waals surface area contributed by atoms with E-state index in [0.29, 0.717) is 5.82 Å². The Balaban J connectivity index is 1.69. The van der Waals surface area contributed by atoms with Gasteiger partial charge in [-0.25, -0.2) is 15.0 Å². The smallest absolute Gasteiger partial charge is 0.228 e. The first kappa shape index (κ1) is 18.8. The zero-order valence-electron chi connectivity index (χ0n) is 16.5. The molecule has 1 aliphatic rings. The molecule has 7 heteroatoms. The van der Waals surface area contributed by atoms with Crippen molar-refractivity contribution < 1.29 is 4.79 Å². The van der Waals surface area contributed by atoms with Crippen molar-refractivity contribution in [1.82, 2.24) is 15.0 Å². The normalized spacial score (nSPS) is 15.0. The Labute approximate surface area is 169 Å². The summed E-state index contributed by atoms with van der Waals surface area (Å²) in [6.45, 7) is 1.99. The van der Waals surface area contributed by atoms with E-state index in [0.717, 1.165) is 57.9 Å². The van der Waals surface area contributed by atoms with E-state index in [-0.39, 0.29) is 11.8 Å². The molecule has 1 amide bonds. The van der Waals surface area contributed by atoms with Crippen LogP contribution in [0.15, 0.2) is 24.5 Å². The summed E-state index contributed by atoms with van der Waals surface area (Å²) in [4.78, 5) is 29.3. The molecular formula is C21H25N5OS. The predicted molar refractivity (Wildman–Crippen MR) is 115 cm³/mol. The van der Waals surface area contributed by atoms with Crippen LogP contribution in [0.4, 0.5) is 11.5 Å². The van der Waals surface area contributed by atoms with Crippen LogP contribution in [0.2, 0.25) is 0 Å². The van der Waals surface area contributed by atoms with Gasteiger partial charge in [-0.15, -0.1) is 11.3 Å². The van der Waals surface area contributed by atoms with E-state index in [9.17, 15) is 4.79 Å². The molecule has 0 spiro atoms. The number of aromatic nitrogens is 3. The average molecular weight is 396 g/mol. The summed E-state index contributed by atoms with van der Waals surface area (Å²) in [6.07, 6.45) is 9.10. The highest BCUT2D eigenvalue weighted by molar-refractivity contribution is 7.15. The number of amides is 1. The Kier molecular flexibility index (Phi) is 5.26. The highest BCUT2D eigenvalue weighted by Gasteiger charge is 2.21. The van der Waals surface area contributed by atoms with Gasteiger partial charge in [0.25, 0.3) is 0 Å². The number of carbonyl (C=O) groups excluding carboxylic acids is 1. The Morgan fingerprint density at radius 1 is 1.14 bits per heavy atom. The maximum atomic E-state index is 12.6. The molecule has 1 aliphatic carbocycles. The summed E-state index contributed by atoms with van der Waals surface area (Å²) in [6, 6.07) is 3.94. The van der Waals surface area contributed by atoms with Crippen molar-refractivity contribution in [2.75, 3.05) is 24.3 Å². The molecule has 28 heavy (non-hydrogen) atoms. The van der Waals surface area contributed by atoms with Gasteiger partial charge in [-0.2, -0.15) is 0 Å². The lowest BCUT2D eigenvalue weighted by molar-refractivity contribution is -0.120. The number of hydrogen-bond acceptors (Lipinski definition) is 6. The molecule has 3 aromatic rings. The number of carbonyl (C=O) groups is 1. The van der Waals surface area contributed by atoms with E-state index in [2.05, 4.69) is 26.3 Å². The molecule has 0 atom stereocenters. The van der Waals surface area contributed by atoms with E-state index in [1.54, 1.807) is 17.5 Å². The summed E-state index contributed by atoms with van der Waals surface area (Å²) in [5.74, 6) is 0.745. The van der Waals surface area contributed by atoms with Crippen molar-refractivity contribution in [2.24, 2.45) is 5.92 Å². The van der Waals surface area contributed by atoms with Crippen molar-refractivity contribution in [3.8, 4) is 10.6 Å². The maximum absolute atomic E-state index is 12.6. The van der Waals surface area contributed by atoms with Crippen LogP contribution in [-0.4, -0.2) is 35.0 Å². The van der Waals surface area contributed by atoms with Gasteiger partial charge in [-0.3, -0.25) is 4.79 Å². The summed E-state index contributed by atoms with van der Waals surface area (Å²) in [5.41, 5.74) is 2.75. The van der Waals surface area contributed by atoms with E-state index < -0.39 is 0 Å². The minimum atomic E-state index is 0.0774. The van der Waals surface area contributed by atoms with Crippen LogP contribution in [0.25, 0.3) is 21.5 Å². The van der Waals surface area contributed by atoms with Gasteiger partial charge in [-0.1, -0.05) is 19.3 Å². The summed E-state index contributed by atoms with van der Waals surface area (Å²) in [5, 5.41) is 4.98. The van der Waals surface area contributed by atoms with Gasteiger partial charge in [0.15, 0.2) is 0 Å². The van der Waals surface area contributed by atoms with Gasteiger partial charge in [0, 0.05) is 49.5 Å². The Bertz CT molecular complexity index is 1010. The average Bonchev–Trinajstić information content (AvgIpc) is 3.14. The van der Waals surface area contributed by atoms with Crippen LogP contribution in [0.5, 0.6) is 0 Å². The van der Waals surface area contributed by atoms with Gasteiger partial charge >= 0.3 is 0 Å². The first-order valence-corrected chi connectivity index (χ1v) is 10.5. The van der Waals surface area contributed by atoms with Crippen LogP contribution in [0.3, 0.4) is 0 Å². The quantitative estimate of drug-likeness (QED) is 0.696. The van der Waals surface area contributed by atoms with E-state index in [4.69, 9.17) is 4.98 Å². The van der Waals surface area contributed by atoms with Crippen LogP contribution < -0.4 is 10.2 Å². The summed E-state index contributed by atoms with van der Waals surface area (Å²) >= 11 is 1.63. The fourth-order valence-electron chi connectivity index (χ4n) is 3.74. The second-order valence-electron chi connectivity index (χ2n) is 7.58. The zero-order valence-corrected chi connectivity index (χ0v) is 17.3. The van der Waals surface area contributed by atoms with Gasteiger partial charge in [0.1, 0.15) is 5.82 Å². The zero-order chi connectivity index (χ0) is 19.7. The maximum Gasteiger partial charge on any atom is 0.228 e. The molecule has 0 saturated heterocycles. The van der Waals surface area contributed by atoms with Crippen molar-refractivity contribution in [2.45, 2.75) is 39.0 Å². The number of hydrogen-bond donors (Lipinski definition) is 1. The van der Waals surface area contributed by atoms with Crippen molar-refractivity contribution in [1.29, 1.82) is 0 Å². The molecule has 0 aromatic carbocycles. The van der Waals surface area contributed by atoms with Crippen molar-refractivity contribution >= 4 is 39.7 Å². The fourth-order valence-corrected chi connectivity index (χ4v) is 4.48. The second-order valence-corrected chi connectivity index (χ2v) is 8.81. The van der Waals surface area contributed by atoms with Crippen LogP contribution in [-0.2, 0) is 4.79 Å². The molecule has 0 bridgehead atoms. The lowest BCUT2D eigenvalue weighted by Gasteiger charge is -2.21. The Morgan fingerprint density at radius 2 is 1.93 bits per heavy atom. The van der Waals surface area contributed by atoms with Crippen molar-refractivity contribution in [3.05, 3.63) is 29.5 Å². The minimum Gasteiger partial charge on any atom is -0.377 e. The lowest BCUT2D eigenvalue weighted by atomic mass is 9.89. The van der Waals surface area contributed by atoms with Gasteiger partial charge in [0.2, 0.25) is 5.91 Å². The Hall–Kier alpha value is -2.54. The number of pyridine rings is 2. The molecule has 0 aliphatic heterocycles. The monoisotopic (exact) mass is 395 g/mol. The fraction of sp³-hybridized carbons (Fsp3) is 0.429. The highest BCUT2D eigenvalue weighted by atomic mass is 32.1. The van der Waals surface area contributed by atoms with Gasteiger partial charge < -0.3 is 10.2 Å². The summed E-state index contributed by atoms with van der Waals surface area (Å²) < 4.78 is 0. The molecule has 6 nitrogen and oxygen atoms in total. The van der Waals surface area contributed by atoms with E-state index >= 15 is 0 Å². The van der Waals surface area contributed by atoms with Gasteiger partial charge in [-0.05, 0) is 25.8 Å². The van der Waals surface area contributed by atoms with Crippen LogP contribution >= 0.6 is 11.3 Å². The Morgan fingerprint density at radius 3 is 2.61 bits per heavy atom. The van der Waals surface area contributed by atoms with E-state index in [1.807, 2.05) is 33.3 Å². The molecule has 1 N–H and O–H groups in total. The van der Waals surface area contributed by atoms with Crippen LogP contribution in [0, 0.1) is 12.8 Å². The molecule has 0 unspecified atom stereocenters. The molecular weight excluding hydrogens is 370 g/mol. The molecule has 0 radical (unpaired) electrons. The van der Waals surface area contributed by atoms with Crippen molar-refractivity contribution in [3.63, 3.8) is 0 Å². The third kappa shape index (κ3) is 3.85. The number of nitrogens with zero attached hydrogens (tertiary/aromatic N) is 4. The first-order chi connectivity index (χ1) is 13.5. The predicted octanol–water partition coefficient (Wildman–Crippen LogP) is 4.65. The lowest BCUT2D eigenvalue weighted by Crippen LogP contribution is -2.25. The molecule has 4 rings (SSSR count). The second kappa shape index (κ2) is 7.83. The van der Waals surface area contributed by atoms with Gasteiger partial charge in [0.05, 0.1) is 21.1 Å². The largest absolute Gasteiger partial charge is 0.377 e. The molecule has 3 aromatic heterocycles. The first-order valence-electron chi connectivity index (χ1n) is 9.73. The number of nitrogens with one attached hydrogen (secondary N) is 1. The highest BCUT2D eigenvalue weighted by Crippen LogP contribution is 2.33. The number of thiazole rings is 1. The summed E-state index contributed by atoms with van der Waals surface area (Å²) in [7, 11) is 4.02. The molecule has 3 heterocycles. The number of rotatable bonds is 4. The number of aryl methyl sites for hydroxylation is 1. The SMILES string of the molecule is Cc1ncc(-c2cc(N(C)C)c3cnc(NC(=O)C4CCCCC4)cc3n2)s1. The van der Waals surface area contributed by atoms with E-state index in [1.165, 1.54) is 6.42 Å². The topological polar surface area (TPSA) is 71.0 Å². The molecule has 146 valence electrons.